The molecule has 2 aliphatic rings. The van der Waals surface area contributed by atoms with Gasteiger partial charge in [-0.25, -0.2) is 4.68 Å². The predicted octanol–water partition coefficient (Wildman–Crippen LogP) is 2.91. The van der Waals surface area contributed by atoms with Crippen molar-refractivity contribution in [2.24, 2.45) is 11.8 Å². The molecule has 2 saturated heterocycles. The standard InChI is InChI=1S/C18H31N5O.ClH/c1-13(2)17-5-4-14(3)8-11-22(17)18(24)16-12-23(21-20-16)15-6-9-19-10-7-15;/h12-15,17,19H,4-11H2,1-3H3;1H. The molecule has 1 aromatic rings. The molecule has 2 atom stereocenters. The zero-order valence-electron chi connectivity index (χ0n) is 15.6. The number of hydrogen-bond donors (Lipinski definition) is 1. The van der Waals surface area contributed by atoms with Crippen LogP contribution in [0.25, 0.3) is 0 Å². The molecule has 2 unspecified atom stereocenters. The molecule has 142 valence electrons. The Morgan fingerprint density at radius 3 is 2.60 bits per heavy atom. The van der Waals surface area contributed by atoms with Crippen LogP contribution < -0.4 is 5.32 Å². The SMILES string of the molecule is CC1CCC(C(C)C)N(C(=O)c2cn(C3CCNCC3)nn2)CC1.Cl. The van der Waals surface area contributed by atoms with Gasteiger partial charge >= 0.3 is 0 Å². The normalized spacial score (nSPS) is 25.5. The van der Waals surface area contributed by atoms with Crippen molar-refractivity contribution in [3.8, 4) is 0 Å². The highest BCUT2D eigenvalue weighted by molar-refractivity contribution is 5.92. The first-order valence-electron chi connectivity index (χ1n) is 9.49. The summed E-state index contributed by atoms with van der Waals surface area (Å²) >= 11 is 0. The minimum atomic E-state index is 0. The summed E-state index contributed by atoms with van der Waals surface area (Å²) in [5.41, 5.74) is 0.508. The van der Waals surface area contributed by atoms with Crippen LogP contribution >= 0.6 is 12.4 Å². The predicted molar refractivity (Wildman–Crippen MR) is 101 cm³/mol. The van der Waals surface area contributed by atoms with E-state index in [9.17, 15) is 4.79 Å². The molecule has 0 bridgehead atoms. The number of halogens is 1. The molecule has 2 aliphatic heterocycles. The highest BCUT2D eigenvalue weighted by atomic mass is 35.5. The van der Waals surface area contributed by atoms with E-state index >= 15 is 0 Å². The van der Waals surface area contributed by atoms with E-state index in [1.807, 2.05) is 10.9 Å². The highest BCUT2D eigenvalue weighted by Gasteiger charge is 2.31. The molecule has 0 spiro atoms. The van der Waals surface area contributed by atoms with E-state index in [-0.39, 0.29) is 18.3 Å². The van der Waals surface area contributed by atoms with Crippen molar-refractivity contribution >= 4 is 18.3 Å². The van der Waals surface area contributed by atoms with Gasteiger partial charge in [0.05, 0.1) is 12.2 Å². The maximum Gasteiger partial charge on any atom is 0.276 e. The summed E-state index contributed by atoms with van der Waals surface area (Å²) in [5, 5.41) is 11.8. The second-order valence-corrected chi connectivity index (χ2v) is 7.85. The van der Waals surface area contributed by atoms with Crippen LogP contribution in [0.5, 0.6) is 0 Å². The molecular weight excluding hydrogens is 338 g/mol. The third-order valence-corrected chi connectivity index (χ3v) is 5.66. The number of hydrogen-bond acceptors (Lipinski definition) is 4. The van der Waals surface area contributed by atoms with E-state index in [1.54, 1.807) is 0 Å². The Hall–Kier alpha value is -1.14. The summed E-state index contributed by atoms with van der Waals surface area (Å²) in [4.78, 5) is 15.1. The molecule has 1 N–H and O–H groups in total. The van der Waals surface area contributed by atoms with Crippen LogP contribution in [0.4, 0.5) is 0 Å². The number of nitrogens with zero attached hydrogens (tertiary/aromatic N) is 4. The molecule has 0 aromatic carbocycles. The lowest BCUT2D eigenvalue weighted by Gasteiger charge is -2.32. The number of amides is 1. The molecule has 2 fully saturated rings. The summed E-state index contributed by atoms with van der Waals surface area (Å²) in [5.74, 6) is 1.22. The topological polar surface area (TPSA) is 63.1 Å². The fraction of sp³-hybridized carbons (Fsp3) is 0.833. The maximum absolute atomic E-state index is 13.1. The molecule has 3 heterocycles. The minimum Gasteiger partial charge on any atom is -0.334 e. The van der Waals surface area contributed by atoms with Crippen LogP contribution in [-0.4, -0.2) is 51.5 Å². The molecule has 0 saturated carbocycles. The fourth-order valence-electron chi connectivity index (χ4n) is 4.00. The lowest BCUT2D eigenvalue weighted by atomic mass is 9.95. The van der Waals surface area contributed by atoms with Crippen molar-refractivity contribution in [3.05, 3.63) is 11.9 Å². The van der Waals surface area contributed by atoms with Gasteiger partial charge in [-0.1, -0.05) is 26.0 Å². The van der Waals surface area contributed by atoms with Crippen LogP contribution in [0.1, 0.15) is 69.4 Å². The van der Waals surface area contributed by atoms with Gasteiger partial charge in [0.25, 0.3) is 5.91 Å². The number of nitrogens with one attached hydrogen (secondary N) is 1. The van der Waals surface area contributed by atoms with Gasteiger partial charge in [-0.3, -0.25) is 4.79 Å². The Morgan fingerprint density at radius 1 is 1.20 bits per heavy atom. The average molecular weight is 370 g/mol. The number of rotatable bonds is 3. The van der Waals surface area contributed by atoms with Crippen molar-refractivity contribution in [2.45, 2.75) is 65.0 Å². The smallest absolute Gasteiger partial charge is 0.276 e. The second-order valence-electron chi connectivity index (χ2n) is 7.85. The Bertz CT molecular complexity index is 555. The molecule has 0 aliphatic carbocycles. The number of likely N-dealkylation sites (tertiary alicyclic amines) is 1. The third kappa shape index (κ3) is 4.73. The molecule has 7 heteroatoms. The van der Waals surface area contributed by atoms with Crippen molar-refractivity contribution in [2.75, 3.05) is 19.6 Å². The van der Waals surface area contributed by atoms with Gasteiger partial charge < -0.3 is 10.2 Å². The number of carbonyl (C=O) groups excluding carboxylic acids is 1. The van der Waals surface area contributed by atoms with E-state index in [2.05, 4.69) is 41.3 Å². The van der Waals surface area contributed by atoms with E-state index in [0.29, 0.717) is 29.6 Å². The third-order valence-electron chi connectivity index (χ3n) is 5.66. The monoisotopic (exact) mass is 369 g/mol. The first-order valence-corrected chi connectivity index (χ1v) is 9.49. The Morgan fingerprint density at radius 2 is 1.92 bits per heavy atom. The van der Waals surface area contributed by atoms with Crippen LogP contribution in [-0.2, 0) is 0 Å². The first kappa shape index (κ1) is 20.2. The largest absolute Gasteiger partial charge is 0.334 e. The lowest BCUT2D eigenvalue weighted by molar-refractivity contribution is 0.0625. The molecule has 3 rings (SSSR count). The first-order chi connectivity index (χ1) is 11.6. The van der Waals surface area contributed by atoms with Crippen LogP contribution in [0.2, 0.25) is 0 Å². The Balaban J connectivity index is 0.00000225. The zero-order chi connectivity index (χ0) is 17.1. The van der Waals surface area contributed by atoms with Crippen molar-refractivity contribution in [1.29, 1.82) is 0 Å². The quantitative estimate of drug-likeness (QED) is 0.889. The molecular formula is C18H32ClN5O. The summed E-state index contributed by atoms with van der Waals surface area (Å²) in [6.45, 7) is 9.57. The minimum absolute atomic E-state index is 0. The zero-order valence-corrected chi connectivity index (χ0v) is 16.5. The molecule has 0 radical (unpaired) electrons. The van der Waals surface area contributed by atoms with Gasteiger partial charge in [-0.15, -0.1) is 17.5 Å². The van der Waals surface area contributed by atoms with Gasteiger partial charge in [0, 0.05) is 12.6 Å². The summed E-state index contributed by atoms with van der Waals surface area (Å²) in [6, 6.07) is 0.678. The van der Waals surface area contributed by atoms with Gasteiger partial charge in [-0.2, -0.15) is 0 Å². The molecule has 1 amide bonds. The van der Waals surface area contributed by atoms with E-state index < -0.39 is 0 Å². The number of carbonyl (C=O) groups is 1. The highest BCUT2D eigenvalue weighted by Crippen LogP contribution is 2.27. The summed E-state index contributed by atoms with van der Waals surface area (Å²) in [7, 11) is 0. The van der Waals surface area contributed by atoms with Crippen molar-refractivity contribution < 1.29 is 4.79 Å². The van der Waals surface area contributed by atoms with Gasteiger partial charge in [0.15, 0.2) is 5.69 Å². The summed E-state index contributed by atoms with van der Waals surface area (Å²) < 4.78 is 1.90. The fourth-order valence-corrected chi connectivity index (χ4v) is 4.00. The Labute approximate surface area is 157 Å². The number of piperidine rings is 1. The lowest BCUT2D eigenvalue weighted by Crippen LogP contribution is -2.43. The van der Waals surface area contributed by atoms with E-state index in [4.69, 9.17) is 0 Å². The van der Waals surface area contributed by atoms with E-state index in [1.165, 1.54) is 6.42 Å². The second kappa shape index (κ2) is 8.99. The van der Waals surface area contributed by atoms with Crippen LogP contribution in [0, 0.1) is 11.8 Å². The average Bonchev–Trinajstić information content (AvgIpc) is 2.99. The maximum atomic E-state index is 13.1. The molecule has 1 aromatic heterocycles. The Kier molecular flexibility index (Phi) is 7.25. The van der Waals surface area contributed by atoms with Crippen LogP contribution in [0.15, 0.2) is 6.20 Å². The molecule has 6 nitrogen and oxygen atoms in total. The summed E-state index contributed by atoms with van der Waals surface area (Å²) in [6.07, 6.45) is 7.34. The van der Waals surface area contributed by atoms with Gasteiger partial charge in [0.1, 0.15) is 0 Å². The van der Waals surface area contributed by atoms with Crippen molar-refractivity contribution in [3.63, 3.8) is 0 Å². The van der Waals surface area contributed by atoms with E-state index in [0.717, 1.165) is 45.3 Å². The molecule has 25 heavy (non-hydrogen) atoms. The number of aromatic nitrogens is 3. The van der Waals surface area contributed by atoms with Crippen LogP contribution in [0.3, 0.4) is 0 Å². The van der Waals surface area contributed by atoms with Gasteiger partial charge in [-0.05, 0) is 57.0 Å². The van der Waals surface area contributed by atoms with Crippen molar-refractivity contribution in [1.82, 2.24) is 25.2 Å². The van der Waals surface area contributed by atoms with Gasteiger partial charge in [0.2, 0.25) is 0 Å².